The molecule has 0 aromatic carbocycles. The molecule has 0 atom stereocenters. The lowest BCUT2D eigenvalue weighted by molar-refractivity contribution is -0.0263. The maximum Gasteiger partial charge on any atom is 0.282 e. The number of anilines is 1. The third-order valence-corrected chi connectivity index (χ3v) is 1.90. The monoisotopic (exact) mass is 188 g/mol. The van der Waals surface area contributed by atoms with Crippen molar-refractivity contribution in [2.24, 2.45) is 0 Å². The minimum absolute atomic E-state index is 0.349. The number of pyridine rings is 1. The van der Waals surface area contributed by atoms with E-state index in [1.165, 1.54) is 17.2 Å². The van der Waals surface area contributed by atoms with Crippen LogP contribution in [0.2, 0.25) is 0 Å². The molecule has 70 valence electrons. The Balaban J connectivity index is 2.11. The lowest BCUT2D eigenvalue weighted by Crippen LogP contribution is -2.56. The van der Waals surface area contributed by atoms with E-state index in [1.807, 2.05) is 0 Å². The fourth-order valence-electron chi connectivity index (χ4n) is 1.27. The maximum atomic E-state index is 12.6. The van der Waals surface area contributed by atoms with Gasteiger partial charge in [0.1, 0.15) is 5.82 Å². The lowest BCUT2D eigenvalue weighted by Gasteiger charge is -2.40. The number of hydrogen-bond donors (Lipinski definition) is 0. The summed E-state index contributed by atoms with van der Waals surface area (Å²) in [6.07, 6.45) is 2.42. The van der Waals surface area contributed by atoms with Crippen LogP contribution in [0, 0.1) is 5.82 Å². The quantitative estimate of drug-likeness (QED) is 0.666. The highest BCUT2D eigenvalue weighted by Gasteiger charge is 2.44. The standard InChI is InChI=1S/C8H7F3N2/c9-6-1-7(3-12-2-6)13-4-8(10,11)5-13/h1-3H,4-5H2. The molecular formula is C8H7F3N2. The zero-order valence-corrected chi connectivity index (χ0v) is 6.67. The summed E-state index contributed by atoms with van der Waals surface area (Å²) in [4.78, 5) is 4.96. The van der Waals surface area contributed by atoms with Crippen molar-refractivity contribution in [3.05, 3.63) is 24.3 Å². The van der Waals surface area contributed by atoms with E-state index in [0.29, 0.717) is 5.69 Å². The van der Waals surface area contributed by atoms with Crippen LogP contribution in [0.1, 0.15) is 0 Å². The molecule has 1 fully saturated rings. The van der Waals surface area contributed by atoms with Gasteiger partial charge in [-0.2, -0.15) is 0 Å². The van der Waals surface area contributed by atoms with E-state index in [0.717, 1.165) is 6.20 Å². The van der Waals surface area contributed by atoms with E-state index in [-0.39, 0.29) is 13.1 Å². The topological polar surface area (TPSA) is 16.1 Å². The zero-order chi connectivity index (χ0) is 9.47. The Hall–Kier alpha value is -1.26. The fraction of sp³-hybridized carbons (Fsp3) is 0.375. The minimum Gasteiger partial charge on any atom is -0.358 e. The van der Waals surface area contributed by atoms with Crippen LogP contribution in [-0.4, -0.2) is 24.0 Å². The highest BCUT2D eigenvalue weighted by atomic mass is 19.3. The average molecular weight is 188 g/mol. The molecule has 1 aliphatic rings. The van der Waals surface area contributed by atoms with Crippen molar-refractivity contribution in [2.45, 2.75) is 5.92 Å². The van der Waals surface area contributed by atoms with Crippen LogP contribution in [0.15, 0.2) is 18.5 Å². The molecule has 2 nitrogen and oxygen atoms in total. The largest absolute Gasteiger partial charge is 0.358 e. The minimum atomic E-state index is -2.63. The van der Waals surface area contributed by atoms with Gasteiger partial charge in [0.15, 0.2) is 0 Å². The summed E-state index contributed by atoms with van der Waals surface area (Å²) in [5.74, 6) is -3.14. The summed E-state index contributed by atoms with van der Waals surface area (Å²) in [7, 11) is 0. The Bertz CT molecular complexity index is 319. The van der Waals surface area contributed by atoms with Gasteiger partial charge in [-0.1, -0.05) is 0 Å². The van der Waals surface area contributed by atoms with Crippen LogP contribution in [0.3, 0.4) is 0 Å². The Kier molecular flexibility index (Phi) is 1.68. The molecule has 2 rings (SSSR count). The van der Waals surface area contributed by atoms with E-state index in [2.05, 4.69) is 4.98 Å². The molecule has 0 aliphatic carbocycles. The molecule has 0 amide bonds. The summed E-state index contributed by atoms with van der Waals surface area (Å²) in [6.45, 7) is -0.698. The van der Waals surface area contributed by atoms with Crippen LogP contribution in [0.25, 0.3) is 0 Å². The number of nitrogens with zero attached hydrogens (tertiary/aromatic N) is 2. The Morgan fingerprint density at radius 3 is 2.54 bits per heavy atom. The van der Waals surface area contributed by atoms with Gasteiger partial charge >= 0.3 is 0 Å². The van der Waals surface area contributed by atoms with Crippen molar-refractivity contribution in [2.75, 3.05) is 18.0 Å². The van der Waals surface area contributed by atoms with E-state index in [1.54, 1.807) is 0 Å². The molecule has 1 aromatic rings. The van der Waals surface area contributed by atoms with Crippen molar-refractivity contribution < 1.29 is 13.2 Å². The molecule has 0 N–H and O–H groups in total. The summed E-state index contributed by atoms with van der Waals surface area (Å²) >= 11 is 0. The third kappa shape index (κ3) is 1.59. The first kappa shape index (κ1) is 8.34. The molecule has 1 saturated heterocycles. The van der Waals surface area contributed by atoms with Crippen molar-refractivity contribution in [1.29, 1.82) is 0 Å². The van der Waals surface area contributed by atoms with Crippen molar-refractivity contribution in [3.63, 3.8) is 0 Å². The second-order valence-corrected chi connectivity index (χ2v) is 3.07. The summed E-state index contributed by atoms with van der Waals surface area (Å²) in [5, 5.41) is 0. The third-order valence-electron chi connectivity index (χ3n) is 1.90. The van der Waals surface area contributed by atoms with E-state index in [4.69, 9.17) is 0 Å². The second-order valence-electron chi connectivity index (χ2n) is 3.07. The Morgan fingerprint density at radius 1 is 1.31 bits per heavy atom. The molecule has 5 heteroatoms. The van der Waals surface area contributed by atoms with E-state index in [9.17, 15) is 13.2 Å². The fourth-order valence-corrected chi connectivity index (χ4v) is 1.27. The van der Waals surface area contributed by atoms with Gasteiger partial charge in [0.2, 0.25) is 0 Å². The van der Waals surface area contributed by atoms with Crippen LogP contribution in [0.4, 0.5) is 18.9 Å². The second kappa shape index (κ2) is 2.61. The number of halogens is 3. The van der Waals surface area contributed by atoms with Gasteiger partial charge in [0.25, 0.3) is 5.92 Å². The number of rotatable bonds is 1. The van der Waals surface area contributed by atoms with Crippen LogP contribution >= 0.6 is 0 Å². The zero-order valence-electron chi connectivity index (χ0n) is 6.67. The van der Waals surface area contributed by atoms with E-state index >= 15 is 0 Å². The highest BCUT2D eigenvalue weighted by Crippen LogP contribution is 2.31. The van der Waals surface area contributed by atoms with Gasteiger partial charge in [0.05, 0.1) is 31.2 Å². The Morgan fingerprint density at radius 2 is 2.00 bits per heavy atom. The van der Waals surface area contributed by atoms with Crippen molar-refractivity contribution >= 4 is 5.69 Å². The van der Waals surface area contributed by atoms with Crippen LogP contribution < -0.4 is 4.90 Å². The maximum absolute atomic E-state index is 12.6. The SMILES string of the molecule is Fc1cncc(N2CC(F)(F)C2)c1. The number of aromatic nitrogens is 1. The van der Waals surface area contributed by atoms with Gasteiger partial charge in [-0.25, -0.2) is 13.2 Å². The van der Waals surface area contributed by atoms with Gasteiger partial charge < -0.3 is 4.90 Å². The summed E-state index contributed by atoms with van der Waals surface area (Å²) in [6, 6.07) is 1.20. The molecule has 0 saturated carbocycles. The molecule has 0 unspecified atom stereocenters. The van der Waals surface area contributed by atoms with Gasteiger partial charge in [0, 0.05) is 6.07 Å². The van der Waals surface area contributed by atoms with Gasteiger partial charge in [-0.15, -0.1) is 0 Å². The first-order valence-electron chi connectivity index (χ1n) is 3.80. The lowest BCUT2D eigenvalue weighted by atomic mass is 10.1. The van der Waals surface area contributed by atoms with Crippen LogP contribution in [-0.2, 0) is 0 Å². The smallest absolute Gasteiger partial charge is 0.282 e. The van der Waals surface area contributed by atoms with E-state index < -0.39 is 11.7 Å². The van der Waals surface area contributed by atoms with Gasteiger partial charge in [-0.05, 0) is 0 Å². The Labute approximate surface area is 73.0 Å². The predicted octanol–water partition coefficient (Wildman–Crippen LogP) is 1.68. The molecule has 1 aliphatic heterocycles. The molecule has 1 aromatic heterocycles. The van der Waals surface area contributed by atoms with Crippen molar-refractivity contribution in [3.8, 4) is 0 Å². The highest BCUT2D eigenvalue weighted by molar-refractivity contribution is 5.47. The molecule has 13 heavy (non-hydrogen) atoms. The summed E-state index contributed by atoms with van der Waals surface area (Å²) < 4.78 is 37.4. The normalized spacial score (nSPS) is 19.8. The van der Waals surface area contributed by atoms with Gasteiger partial charge in [-0.3, -0.25) is 4.98 Å². The van der Waals surface area contributed by atoms with Crippen molar-refractivity contribution in [1.82, 2.24) is 4.98 Å². The number of alkyl halides is 2. The summed E-state index contributed by atoms with van der Waals surface area (Å²) in [5.41, 5.74) is 0.408. The molecule has 0 radical (unpaired) electrons. The molecule has 0 spiro atoms. The first-order valence-corrected chi connectivity index (χ1v) is 3.80. The predicted molar refractivity (Wildman–Crippen MR) is 41.4 cm³/mol. The number of hydrogen-bond acceptors (Lipinski definition) is 2. The first-order chi connectivity index (χ1) is 6.07. The molecule has 0 bridgehead atoms. The van der Waals surface area contributed by atoms with Crippen LogP contribution in [0.5, 0.6) is 0 Å². The average Bonchev–Trinajstić information content (AvgIpc) is 2.00. The molecule has 2 heterocycles. The molecular weight excluding hydrogens is 181 g/mol.